The van der Waals surface area contributed by atoms with Gasteiger partial charge in [0, 0.05) is 19.2 Å². The summed E-state index contributed by atoms with van der Waals surface area (Å²) < 4.78 is 34.0. The third kappa shape index (κ3) is 6.97. The van der Waals surface area contributed by atoms with Gasteiger partial charge in [0.15, 0.2) is 0 Å². The minimum Gasteiger partial charge on any atom is -0.497 e. The van der Waals surface area contributed by atoms with Crippen LogP contribution in [0.15, 0.2) is 84.9 Å². The van der Waals surface area contributed by atoms with Gasteiger partial charge in [-0.3, -0.25) is 9.52 Å². The van der Waals surface area contributed by atoms with E-state index in [2.05, 4.69) is 10.0 Å². The highest BCUT2D eigenvalue weighted by Gasteiger charge is 2.27. The van der Waals surface area contributed by atoms with Crippen LogP contribution in [-0.2, 0) is 21.4 Å². The number of carbonyl (C=O) groups excluding carboxylic acids is 2. The molecule has 0 aromatic heterocycles. The average Bonchev–Trinajstić information content (AvgIpc) is 2.83. The van der Waals surface area contributed by atoms with Crippen molar-refractivity contribution in [2.45, 2.75) is 12.5 Å². The third-order valence-corrected chi connectivity index (χ3v) is 5.89. The molecular formula is C24H26N4O5S. The van der Waals surface area contributed by atoms with E-state index in [1.54, 1.807) is 68.8 Å². The molecule has 0 saturated carbocycles. The Morgan fingerprint density at radius 2 is 1.50 bits per heavy atom. The zero-order valence-corrected chi connectivity index (χ0v) is 19.6. The summed E-state index contributed by atoms with van der Waals surface area (Å²) in [4.78, 5) is 27.2. The van der Waals surface area contributed by atoms with Gasteiger partial charge in [0.1, 0.15) is 11.8 Å². The number of carbonyl (C=O) groups is 2. The summed E-state index contributed by atoms with van der Waals surface area (Å²) in [6, 6.07) is 22.0. The number of methoxy groups -OCH3 is 1. The van der Waals surface area contributed by atoms with Gasteiger partial charge in [0.25, 0.3) is 0 Å². The van der Waals surface area contributed by atoms with Crippen LogP contribution >= 0.6 is 0 Å². The van der Waals surface area contributed by atoms with E-state index in [1.165, 1.54) is 4.90 Å². The Kier molecular flexibility index (Phi) is 8.10. The maximum Gasteiger partial charge on any atom is 0.330 e. The molecule has 1 unspecified atom stereocenters. The first-order chi connectivity index (χ1) is 16.3. The number of amides is 3. The molecular weight excluding hydrogens is 456 g/mol. The van der Waals surface area contributed by atoms with Crippen molar-refractivity contribution < 1.29 is 22.7 Å². The monoisotopic (exact) mass is 482 g/mol. The molecule has 0 fully saturated rings. The number of para-hydroxylation sites is 1. The molecule has 34 heavy (non-hydrogen) atoms. The maximum atomic E-state index is 13.3. The number of urea groups is 1. The molecule has 3 N–H and O–H groups in total. The van der Waals surface area contributed by atoms with Crippen LogP contribution in [0.25, 0.3) is 0 Å². The Balaban J connectivity index is 1.75. The minimum absolute atomic E-state index is 0.166. The SMILES string of the molecule is COc1ccc(N(C)C(=O)C(Cc2ccccc2)NC(=O)NS(=O)(=O)Nc2ccccc2)cc1. The predicted octanol–water partition coefficient (Wildman–Crippen LogP) is 2.93. The molecule has 3 aromatic rings. The van der Waals surface area contributed by atoms with Gasteiger partial charge in [-0.25, -0.2) is 9.52 Å². The quantitative estimate of drug-likeness (QED) is 0.434. The average molecular weight is 483 g/mol. The Morgan fingerprint density at radius 1 is 0.912 bits per heavy atom. The van der Waals surface area contributed by atoms with Crippen LogP contribution in [0.3, 0.4) is 0 Å². The van der Waals surface area contributed by atoms with E-state index in [9.17, 15) is 18.0 Å². The van der Waals surface area contributed by atoms with E-state index < -0.39 is 28.2 Å². The molecule has 0 spiro atoms. The number of hydrogen-bond donors (Lipinski definition) is 3. The van der Waals surface area contributed by atoms with Gasteiger partial charge in [-0.2, -0.15) is 8.42 Å². The van der Waals surface area contributed by atoms with E-state index in [-0.39, 0.29) is 6.42 Å². The molecule has 178 valence electrons. The highest BCUT2D eigenvalue weighted by atomic mass is 32.2. The Bertz CT molecular complexity index is 1200. The molecule has 0 aliphatic rings. The maximum absolute atomic E-state index is 13.3. The molecule has 0 radical (unpaired) electrons. The summed E-state index contributed by atoms with van der Waals surface area (Å²) >= 11 is 0. The van der Waals surface area contributed by atoms with Crippen molar-refractivity contribution in [1.82, 2.24) is 10.0 Å². The number of benzene rings is 3. The zero-order valence-electron chi connectivity index (χ0n) is 18.8. The summed E-state index contributed by atoms with van der Waals surface area (Å²) in [6.45, 7) is 0. The topological polar surface area (TPSA) is 117 Å². The second-order valence-corrected chi connectivity index (χ2v) is 8.80. The van der Waals surface area contributed by atoms with Crippen LogP contribution in [-0.4, -0.2) is 40.6 Å². The fourth-order valence-corrected chi connectivity index (χ4v) is 4.01. The van der Waals surface area contributed by atoms with Gasteiger partial charge in [-0.05, 0) is 42.0 Å². The van der Waals surface area contributed by atoms with E-state index in [4.69, 9.17) is 4.74 Å². The van der Waals surface area contributed by atoms with Crippen LogP contribution in [0.4, 0.5) is 16.2 Å². The molecule has 0 aliphatic heterocycles. The molecule has 0 aliphatic carbocycles. The zero-order chi connectivity index (χ0) is 24.6. The number of anilines is 2. The number of nitrogens with one attached hydrogen (secondary N) is 3. The number of likely N-dealkylation sites (N-methyl/N-ethyl adjacent to an activating group) is 1. The van der Waals surface area contributed by atoms with Gasteiger partial charge >= 0.3 is 16.2 Å². The van der Waals surface area contributed by atoms with Crippen molar-refractivity contribution in [2.75, 3.05) is 23.8 Å². The number of nitrogens with zero attached hydrogens (tertiary/aromatic N) is 1. The molecule has 0 saturated heterocycles. The minimum atomic E-state index is -4.21. The lowest BCUT2D eigenvalue weighted by Gasteiger charge is -2.25. The van der Waals surface area contributed by atoms with Crippen LogP contribution in [0.1, 0.15) is 5.56 Å². The molecule has 9 nitrogen and oxygen atoms in total. The van der Waals surface area contributed by atoms with Gasteiger partial charge in [0.2, 0.25) is 5.91 Å². The van der Waals surface area contributed by atoms with Crippen LogP contribution < -0.4 is 24.4 Å². The summed E-state index contributed by atoms with van der Waals surface area (Å²) in [5.74, 6) is 0.219. The second kappa shape index (κ2) is 11.2. The van der Waals surface area contributed by atoms with Crippen LogP contribution in [0.2, 0.25) is 0 Å². The lowest BCUT2D eigenvalue weighted by molar-refractivity contribution is -0.120. The highest BCUT2D eigenvalue weighted by Crippen LogP contribution is 2.19. The molecule has 0 heterocycles. The first-order valence-corrected chi connectivity index (χ1v) is 11.9. The summed E-state index contributed by atoms with van der Waals surface area (Å²) in [6.07, 6.45) is 0.166. The lowest BCUT2D eigenvalue weighted by Crippen LogP contribution is -2.53. The fraction of sp³-hybridized carbons (Fsp3) is 0.167. The molecule has 3 rings (SSSR count). The van der Waals surface area contributed by atoms with Crippen LogP contribution in [0, 0.1) is 0 Å². The largest absolute Gasteiger partial charge is 0.497 e. The normalized spacial score (nSPS) is 11.7. The van der Waals surface area contributed by atoms with Crippen molar-refractivity contribution in [1.29, 1.82) is 0 Å². The van der Waals surface area contributed by atoms with E-state index in [1.807, 2.05) is 35.1 Å². The highest BCUT2D eigenvalue weighted by molar-refractivity contribution is 7.91. The number of hydrogen-bond acceptors (Lipinski definition) is 5. The molecule has 3 aromatic carbocycles. The summed E-state index contributed by atoms with van der Waals surface area (Å²) in [7, 11) is -1.09. The smallest absolute Gasteiger partial charge is 0.330 e. The predicted molar refractivity (Wildman–Crippen MR) is 131 cm³/mol. The van der Waals surface area contributed by atoms with Crippen molar-refractivity contribution in [3.63, 3.8) is 0 Å². The molecule has 0 bridgehead atoms. The van der Waals surface area contributed by atoms with Gasteiger partial charge in [0.05, 0.1) is 12.8 Å². The third-order valence-electron chi connectivity index (χ3n) is 4.93. The van der Waals surface area contributed by atoms with E-state index >= 15 is 0 Å². The van der Waals surface area contributed by atoms with Crippen molar-refractivity contribution in [3.05, 3.63) is 90.5 Å². The molecule has 3 amide bonds. The number of rotatable bonds is 9. The Morgan fingerprint density at radius 3 is 2.09 bits per heavy atom. The number of ether oxygens (including phenoxy) is 1. The van der Waals surface area contributed by atoms with Crippen molar-refractivity contribution in [3.8, 4) is 5.75 Å². The van der Waals surface area contributed by atoms with E-state index in [0.29, 0.717) is 17.1 Å². The van der Waals surface area contributed by atoms with Gasteiger partial charge < -0.3 is 15.0 Å². The molecule has 10 heteroatoms. The first-order valence-electron chi connectivity index (χ1n) is 10.4. The first kappa shape index (κ1) is 24.6. The van der Waals surface area contributed by atoms with E-state index in [0.717, 1.165) is 5.56 Å². The Labute approximate surface area is 198 Å². The van der Waals surface area contributed by atoms with Crippen LogP contribution in [0.5, 0.6) is 5.75 Å². The summed E-state index contributed by atoms with van der Waals surface area (Å²) in [5.41, 5.74) is 1.68. The Hall–Kier alpha value is -4.05. The standard InChI is InChI=1S/C24H26N4O5S/c1-28(20-13-15-21(33-2)16-14-20)23(29)22(17-18-9-5-3-6-10-18)25-24(30)27-34(31,32)26-19-11-7-4-8-12-19/h3-16,22,26H,17H2,1-2H3,(H2,25,27,30). The molecule has 1 atom stereocenters. The van der Waals surface area contributed by atoms with Gasteiger partial charge in [-0.15, -0.1) is 0 Å². The lowest BCUT2D eigenvalue weighted by atomic mass is 10.0. The van der Waals surface area contributed by atoms with Crippen molar-refractivity contribution in [2.24, 2.45) is 0 Å². The summed E-state index contributed by atoms with van der Waals surface area (Å²) in [5, 5.41) is 2.50. The van der Waals surface area contributed by atoms with Gasteiger partial charge in [-0.1, -0.05) is 48.5 Å². The fourth-order valence-electron chi connectivity index (χ4n) is 3.21. The van der Waals surface area contributed by atoms with Crippen molar-refractivity contribution >= 4 is 33.5 Å². The second-order valence-electron chi connectivity index (χ2n) is 7.38.